The number of hydrogen-bond acceptors (Lipinski definition) is 2. The number of hydrogen-bond donors (Lipinski definition) is 0. The summed E-state index contributed by atoms with van der Waals surface area (Å²) in [5.41, 5.74) is 1.16. The van der Waals surface area contributed by atoms with Crippen molar-refractivity contribution in [1.29, 1.82) is 0 Å². The second-order valence-corrected chi connectivity index (χ2v) is 3.22. The summed E-state index contributed by atoms with van der Waals surface area (Å²) in [6, 6.07) is 7.01. The molecule has 0 unspecified atom stereocenters. The maximum absolute atomic E-state index is 13.1. The Morgan fingerprint density at radius 2 is 1.75 bits per heavy atom. The molecule has 0 saturated heterocycles. The van der Waals surface area contributed by atoms with E-state index in [2.05, 4.69) is 4.98 Å². The lowest BCUT2D eigenvalue weighted by atomic mass is 10.1. The molecule has 1 heterocycles. The molecule has 0 N–H and O–H groups in total. The van der Waals surface area contributed by atoms with Gasteiger partial charge in [-0.05, 0) is 23.8 Å². The van der Waals surface area contributed by atoms with Gasteiger partial charge >= 0.3 is 0 Å². The first-order valence-electron chi connectivity index (χ1n) is 4.66. The molecule has 4 heteroatoms. The monoisotopic (exact) mass is 221 g/mol. The van der Waals surface area contributed by atoms with Crippen LogP contribution in [0, 0.1) is 11.6 Å². The molecule has 0 spiro atoms. The van der Waals surface area contributed by atoms with Crippen LogP contribution < -0.4 is 4.74 Å². The first-order valence-corrected chi connectivity index (χ1v) is 4.66. The van der Waals surface area contributed by atoms with Gasteiger partial charge in [-0.3, -0.25) is 0 Å². The van der Waals surface area contributed by atoms with Gasteiger partial charge in [-0.1, -0.05) is 12.1 Å². The molecule has 0 aliphatic carbocycles. The van der Waals surface area contributed by atoms with E-state index >= 15 is 0 Å². The molecule has 16 heavy (non-hydrogen) atoms. The average molecular weight is 221 g/mol. The van der Waals surface area contributed by atoms with Crippen LogP contribution in [0.4, 0.5) is 8.78 Å². The van der Waals surface area contributed by atoms with Crippen LogP contribution in [0.15, 0.2) is 36.5 Å². The number of ether oxygens (including phenoxy) is 1. The molecular weight excluding hydrogens is 212 g/mol. The molecule has 0 bridgehead atoms. The molecule has 2 aromatic rings. The highest BCUT2D eigenvalue weighted by atomic mass is 19.1. The van der Waals surface area contributed by atoms with Gasteiger partial charge in [0.05, 0.1) is 13.3 Å². The largest absolute Gasteiger partial charge is 0.481 e. The number of nitrogens with zero attached hydrogens (tertiary/aromatic N) is 1. The van der Waals surface area contributed by atoms with Crippen molar-refractivity contribution in [3.63, 3.8) is 0 Å². The third-order valence-corrected chi connectivity index (χ3v) is 2.17. The van der Waals surface area contributed by atoms with Crippen LogP contribution >= 0.6 is 0 Å². The van der Waals surface area contributed by atoms with Crippen LogP contribution in [0.25, 0.3) is 11.1 Å². The van der Waals surface area contributed by atoms with Crippen molar-refractivity contribution in [2.24, 2.45) is 0 Å². The van der Waals surface area contributed by atoms with Gasteiger partial charge in [0.1, 0.15) is 11.6 Å². The molecule has 2 rings (SSSR count). The highest BCUT2D eigenvalue weighted by molar-refractivity contribution is 5.68. The number of aromatic nitrogens is 1. The summed E-state index contributed by atoms with van der Waals surface area (Å²) >= 11 is 0. The summed E-state index contributed by atoms with van der Waals surface area (Å²) in [6.45, 7) is 0. The summed E-state index contributed by atoms with van der Waals surface area (Å²) in [5.74, 6) is -0.486. The number of methoxy groups -OCH3 is 1. The van der Waals surface area contributed by atoms with E-state index in [0.717, 1.165) is 6.20 Å². The normalized spacial score (nSPS) is 10.2. The van der Waals surface area contributed by atoms with Crippen molar-refractivity contribution in [1.82, 2.24) is 4.98 Å². The number of rotatable bonds is 2. The van der Waals surface area contributed by atoms with Crippen molar-refractivity contribution in [3.8, 4) is 17.0 Å². The first kappa shape index (κ1) is 10.5. The number of pyridine rings is 1. The Balaban J connectivity index is 2.53. The van der Waals surface area contributed by atoms with Crippen molar-refractivity contribution < 1.29 is 13.5 Å². The van der Waals surface area contributed by atoms with Gasteiger partial charge in [-0.25, -0.2) is 13.8 Å². The molecule has 1 aromatic heterocycles. The van der Waals surface area contributed by atoms with Crippen molar-refractivity contribution in [3.05, 3.63) is 48.2 Å². The lowest BCUT2D eigenvalue weighted by Crippen LogP contribution is -1.92. The fourth-order valence-electron chi connectivity index (χ4n) is 1.43. The zero-order chi connectivity index (χ0) is 11.5. The van der Waals surface area contributed by atoms with Crippen LogP contribution in [0.1, 0.15) is 0 Å². The standard InChI is InChI=1S/C12H9F2NO/c1-16-12-11(6-10(14)7-15-12)8-2-4-9(13)5-3-8/h2-7H,1H3. The van der Waals surface area contributed by atoms with Gasteiger partial charge in [-0.2, -0.15) is 0 Å². The maximum Gasteiger partial charge on any atom is 0.221 e. The average Bonchev–Trinajstić information content (AvgIpc) is 2.30. The van der Waals surface area contributed by atoms with E-state index in [0.29, 0.717) is 17.0 Å². The summed E-state index contributed by atoms with van der Waals surface area (Å²) in [7, 11) is 1.45. The van der Waals surface area contributed by atoms with E-state index in [9.17, 15) is 8.78 Å². The maximum atomic E-state index is 13.1. The third kappa shape index (κ3) is 2.00. The van der Waals surface area contributed by atoms with Gasteiger partial charge in [0.15, 0.2) is 0 Å². The molecule has 0 saturated carbocycles. The third-order valence-electron chi connectivity index (χ3n) is 2.17. The molecule has 0 aliphatic rings. The molecule has 1 aromatic carbocycles. The summed E-state index contributed by atoms with van der Waals surface area (Å²) < 4.78 is 30.8. The second kappa shape index (κ2) is 4.26. The summed E-state index contributed by atoms with van der Waals surface area (Å²) in [6.07, 6.45) is 1.08. The Hall–Kier alpha value is -1.97. The highest BCUT2D eigenvalue weighted by Crippen LogP contribution is 2.28. The van der Waals surface area contributed by atoms with Gasteiger partial charge in [0.25, 0.3) is 0 Å². The van der Waals surface area contributed by atoms with Crippen LogP contribution in [-0.4, -0.2) is 12.1 Å². The Labute approximate surface area is 91.5 Å². The SMILES string of the molecule is COc1ncc(F)cc1-c1ccc(F)cc1. The zero-order valence-electron chi connectivity index (χ0n) is 8.58. The minimum Gasteiger partial charge on any atom is -0.481 e. The minimum absolute atomic E-state index is 0.313. The minimum atomic E-state index is -0.458. The Morgan fingerprint density at radius 1 is 1.06 bits per heavy atom. The van der Waals surface area contributed by atoms with Gasteiger partial charge in [0.2, 0.25) is 5.88 Å². The predicted molar refractivity (Wildman–Crippen MR) is 56.1 cm³/mol. The van der Waals surface area contributed by atoms with Crippen molar-refractivity contribution >= 4 is 0 Å². The second-order valence-electron chi connectivity index (χ2n) is 3.22. The lowest BCUT2D eigenvalue weighted by molar-refractivity contribution is 0.397. The molecular formula is C12H9F2NO. The first-order chi connectivity index (χ1) is 7.70. The Bertz CT molecular complexity index is 497. The molecule has 2 nitrogen and oxygen atoms in total. The van der Waals surface area contributed by atoms with Crippen molar-refractivity contribution in [2.45, 2.75) is 0 Å². The van der Waals surface area contributed by atoms with Crippen LogP contribution in [0.3, 0.4) is 0 Å². The topological polar surface area (TPSA) is 22.1 Å². The quantitative estimate of drug-likeness (QED) is 0.777. The molecule has 0 amide bonds. The predicted octanol–water partition coefficient (Wildman–Crippen LogP) is 3.04. The van der Waals surface area contributed by atoms with E-state index in [1.54, 1.807) is 12.1 Å². The number of halogens is 2. The van der Waals surface area contributed by atoms with E-state index in [-0.39, 0.29) is 5.82 Å². The van der Waals surface area contributed by atoms with E-state index in [1.165, 1.54) is 25.3 Å². The highest BCUT2D eigenvalue weighted by Gasteiger charge is 2.08. The molecule has 82 valence electrons. The zero-order valence-corrected chi connectivity index (χ0v) is 8.58. The van der Waals surface area contributed by atoms with Gasteiger partial charge in [0, 0.05) is 5.56 Å². The number of benzene rings is 1. The Morgan fingerprint density at radius 3 is 2.38 bits per heavy atom. The van der Waals surface area contributed by atoms with E-state index < -0.39 is 5.82 Å². The Kier molecular flexibility index (Phi) is 2.81. The van der Waals surface area contributed by atoms with E-state index in [1.807, 2.05) is 0 Å². The van der Waals surface area contributed by atoms with Crippen LogP contribution in [0.2, 0.25) is 0 Å². The summed E-state index contributed by atoms with van der Waals surface area (Å²) in [5, 5.41) is 0. The van der Waals surface area contributed by atoms with Gasteiger partial charge in [-0.15, -0.1) is 0 Å². The summed E-state index contributed by atoms with van der Waals surface area (Å²) in [4.78, 5) is 3.80. The van der Waals surface area contributed by atoms with Crippen LogP contribution in [-0.2, 0) is 0 Å². The fraction of sp³-hybridized carbons (Fsp3) is 0.0833. The van der Waals surface area contributed by atoms with Crippen LogP contribution in [0.5, 0.6) is 5.88 Å². The molecule has 0 atom stereocenters. The lowest BCUT2D eigenvalue weighted by Gasteiger charge is -2.07. The van der Waals surface area contributed by atoms with Crippen molar-refractivity contribution in [2.75, 3.05) is 7.11 Å². The molecule has 0 aliphatic heterocycles. The molecule has 0 fully saturated rings. The van der Waals surface area contributed by atoms with Gasteiger partial charge < -0.3 is 4.74 Å². The smallest absolute Gasteiger partial charge is 0.221 e. The fourth-order valence-corrected chi connectivity index (χ4v) is 1.43. The molecule has 0 radical (unpaired) electrons. The van der Waals surface area contributed by atoms with E-state index in [4.69, 9.17) is 4.74 Å².